The minimum atomic E-state index is -3.58. The van der Waals surface area contributed by atoms with Gasteiger partial charge in [-0.1, -0.05) is 12.5 Å². The number of aliphatic hydroxyl groups excluding tert-OH is 1. The molecule has 1 aromatic carbocycles. The minimum absolute atomic E-state index is 0.0308. The van der Waals surface area contributed by atoms with Crippen LogP contribution in [-0.4, -0.2) is 18.0 Å². The first-order chi connectivity index (χ1) is 8.05. The fourth-order valence-electron chi connectivity index (χ4n) is 2.42. The third-order valence-electron chi connectivity index (χ3n) is 3.63. The number of fused-ring (bicyclic) bond motifs is 1. The van der Waals surface area contributed by atoms with E-state index in [9.17, 15) is 13.9 Å². The van der Waals surface area contributed by atoms with Crippen molar-refractivity contribution in [1.82, 2.24) is 0 Å². The van der Waals surface area contributed by atoms with Crippen molar-refractivity contribution in [3.8, 4) is 11.5 Å². The molecule has 1 aliphatic carbocycles. The van der Waals surface area contributed by atoms with Crippen molar-refractivity contribution in [3.63, 3.8) is 0 Å². The third-order valence-corrected chi connectivity index (χ3v) is 3.63. The highest BCUT2D eigenvalue weighted by Crippen LogP contribution is 2.48. The lowest BCUT2D eigenvalue weighted by Crippen LogP contribution is -2.37. The molecule has 3 rings (SSSR count). The predicted molar refractivity (Wildman–Crippen MR) is 55.3 cm³/mol. The number of halogens is 2. The largest absolute Gasteiger partial charge is 0.586 e. The second kappa shape index (κ2) is 3.32. The maximum Gasteiger partial charge on any atom is 0.586 e. The van der Waals surface area contributed by atoms with Gasteiger partial charge in [0.05, 0.1) is 6.61 Å². The van der Waals surface area contributed by atoms with Crippen LogP contribution in [-0.2, 0) is 5.41 Å². The summed E-state index contributed by atoms with van der Waals surface area (Å²) in [5.74, 6) is 0.0957. The molecule has 0 radical (unpaired) electrons. The molecule has 17 heavy (non-hydrogen) atoms. The normalized spacial score (nSPS) is 23.2. The Morgan fingerprint density at radius 3 is 2.47 bits per heavy atom. The molecule has 5 heteroatoms. The van der Waals surface area contributed by atoms with Gasteiger partial charge in [0.15, 0.2) is 11.5 Å². The summed E-state index contributed by atoms with van der Waals surface area (Å²) in [4.78, 5) is 0. The maximum absolute atomic E-state index is 12.8. The molecular weight excluding hydrogens is 230 g/mol. The standard InChI is InChI=1S/C12H12F2O3/c13-12(14)16-9-3-2-8(6-10(9)17-12)11(7-15)4-1-5-11/h2-3,6,15H,1,4-5,7H2. The Morgan fingerprint density at radius 1 is 1.18 bits per heavy atom. The van der Waals surface area contributed by atoms with Crippen molar-refractivity contribution in [2.75, 3.05) is 6.61 Å². The Hall–Kier alpha value is -1.36. The average molecular weight is 242 g/mol. The molecule has 0 saturated heterocycles. The summed E-state index contributed by atoms with van der Waals surface area (Å²) in [5.41, 5.74) is 0.558. The third kappa shape index (κ3) is 1.57. The van der Waals surface area contributed by atoms with E-state index in [-0.39, 0.29) is 23.5 Å². The van der Waals surface area contributed by atoms with Crippen LogP contribution in [0.3, 0.4) is 0 Å². The highest BCUT2D eigenvalue weighted by molar-refractivity contribution is 5.47. The van der Waals surface area contributed by atoms with E-state index < -0.39 is 6.29 Å². The molecule has 0 spiro atoms. The van der Waals surface area contributed by atoms with Gasteiger partial charge < -0.3 is 14.6 Å². The molecule has 1 fully saturated rings. The van der Waals surface area contributed by atoms with Gasteiger partial charge in [0.2, 0.25) is 0 Å². The molecule has 0 unspecified atom stereocenters. The molecule has 1 heterocycles. The summed E-state index contributed by atoms with van der Waals surface area (Å²) >= 11 is 0. The van der Waals surface area contributed by atoms with Crippen LogP contribution in [0.1, 0.15) is 24.8 Å². The van der Waals surface area contributed by atoms with E-state index >= 15 is 0 Å². The molecule has 2 aliphatic rings. The number of hydrogen-bond donors (Lipinski definition) is 1. The van der Waals surface area contributed by atoms with E-state index in [4.69, 9.17) is 0 Å². The highest BCUT2D eigenvalue weighted by Gasteiger charge is 2.45. The van der Waals surface area contributed by atoms with Gasteiger partial charge in [-0.15, -0.1) is 8.78 Å². The van der Waals surface area contributed by atoms with Gasteiger partial charge in [0.25, 0.3) is 0 Å². The van der Waals surface area contributed by atoms with Gasteiger partial charge in [-0.3, -0.25) is 0 Å². The summed E-state index contributed by atoms with van der Waals surface area (Å²) in [6.07, 6.45) is -0.781. The zero-order valence-electron chi connectivity index (χ0n) is 9.08. The summed E-state index contributed by atoms with van der Waals surface area (Å²) in [6, 6.07) is 4.74. The Balaban J connectivity index is 1.96. The SMILES string of the molecule is OCC1(c2ccc3c(c2)OC(F)(F)O3)CCC1. The second-order valence-corrected chi connectivity index (χ2v) is 4.62. The first-order valence-electron chi connectivity index (χ1n) is 5.56. The summed E-state index contributed by atoms with van der Waals surface area (Å²) in [5, 5.41) is 9.42. The van der Waals surface area contributed by atoms with E-state index in [1.165, 1.54) is 6.07 Å². The van der Waals surface area contributed by atoms with E-state index in [1.54, 1.807) is 12.1 Å². The summed E-state index contributed by atoms with van der Waals surface area (Å²) in [6.45, 7) is 0.0308. The van der Waals surface area contributed by atoms with Crippen molar-refractivity contribution in [2.45, 2.75) is 31.0 Å². The molecule has 0 bridgehead atoms. The number of benzene rings is 1. The first kappa shape index (κ1) is 10.8. The Bertz CT molecular complexity index is 450. The van der Waals surface area contributed by atoms with Crippen LogP contribution >= 0.6 is 0 Å². The molecule has 0 aromatic heterocycles. The van der Waals surface area contributed by atoms with Crippen molar-refractivity contribution in [2.24, 2.45) is 0 Å². The van der Waals surface area contributed by atoms with Crippen LogP contribution in [0.25, 0.3) is 0 Å². The first-order valence-corrected chi connectivity index (χ1v) is 5.56. The lowest BCUT2D eigenvalue weighted by atomic mass is 9.65. The number of aliphatic hydroxyl groups is 1. The number of alkyl halides is 2. The summed E-state index contributed by atoms with van der Waals surface area (Å²) in [7, 11) is 0. The Kier molecular flexibility index (Phi) is 2.10. The zero-order valence-corrected chi connectivity index (χ0v) is 9.08. The molecule has 1 saturated carbocycles. The van der Waals surface area contributed by atoms with Crippen LogP contribution < -0.4 is 9.47 Å². The predicted octanol–water partition coefficient (Wildman–Crippen LogP) is 2.42. The van der Waals surface area contributed by atoms with Crippen molar-refractivity contribution in [1.29, 1.82) is 0 Å². The lowest BCUT2D eigenvalue weighted by molar-refractivity contribution is -0.286. The van der Waals surface area contributed by atoms with Crippen LogP contribution in [0, 0.1) is 0 Å². The molecule has 1 N–H and O–H groups in total. The van der Waals surface area contributed by atoms with Gasteiger partial charge in [-0.05, 0) is 30.5 Å². The molecule has 0 amide bonds. The van der Waals surface area contributed by atoms with Crippen molar-refractivity contribution < 1.29 is 23.4 Å². The van der Waals surface area contributed by atoms with Crippen LogP contribution in [0.15, 0.2) is 18.2 Å². The fourth-order valence-corrected chi connectivity index (χ4v) is 2.42. The summed E-state index contributed by atoms with van der Waals surface area (Å²) < 4.78 is 34.4. The van der Waals surface area contributed by atoms with Gasteiger partial charge >= 0.3 is 6.29 Å². The van der Waals surface area contributed by atoms with E-state index in [2.05, 4.69) is 9.47 Å². The zero-order chi connectivity index (χ0) is 12.1. The fraction of sp³-hybridized carbons (Fsp3) is 0.500. The van der Waals surface area contributed by atoms with Gasteiger partial charge in [0, 0.05) is 5.41 Å². The molecule has 3 nitrogen and oxygen atoms in total. The van der Waals surface area contributed by atoms with E-state index in [0.29, 0.717) is 0 Å². The Morgan fingerprint density at radius 2 is 1.88 bits per heavy atom. The minimum Gasteiger partial charge on any atom is -0.395 e. The molecule has 0 atom stereocenters. The van der Waals surface area contributed by atoms with Gasteiger partial charge in [0.1, 0.15) is 0 Å². The van der Waals surface area contributed by atoms with Crippen molar-refractivity contribution in [3.05, 3.63) is 23.8 Å². The van der Waals surface area contributed by atoms with Crippen LogP contribution in [0.2, 0.25) is 0 Å². The molecule has 1 aliphatic heterocycles. The molecule has 92 valence electrons. The Labute approximate surface area is 97.0 Å². The monoisotopic (exact) mass is 242 g/mol. The second-order valence-electron chi connectivity index (χ2n) is 4.62. The van der Waals surface area contributed by atoms with Crippen LogP contribution in [0.4, 0.5) is 8.78 Å². The van der Waals surface area contributed by atoms with E-state index in [0.717, 1.165) is 24.8 Å². The maximum atomic E-state index is 12.8. The number of hydrogen-bond acceptors (Lipinski definition) is 3. The van der Waals surface area contributed by atoms with Gasteiger partial charge in [-0.25, -0.2) is 0 Å². The van der Waals surface area contributed by atoms with Crippen molar-refractivity contribution >= 4 is 0 Å². The quantitative estimate of drug-likeness (QED) is 0.865. The highest BCUT2D eigenvalue weighted by atomic mass is 19.3. The lowest BCUT2D eigenvalue weighted by Gasteiger charge is -2.40. The smallest absolute Gasteiger partial charge is 0.395 e. The van der Waals surface area contributed by atoms with Crippen LogP contribution in [0.5, 0.6) is 11.5 Å². The number of ether oxygens (including phenoxy) is 2. The molecular formula is C12H12F2O3. The topological polar surface area (TPSA) is 38.7 Å². The van der Waals surface area contributed by atoms with Gasteiger partial charge in [-0.2, -0.15) is 0 Å². The number of rotatable bonds is 2. The average Bonchev–Trinajstić information content (AvgIpc) is 2.50. The molecule has 1 aromatic rings. The van der Waals surface area contributed by atoms with E-state index in [1.807, 2.05) is 0 Å².